The average molecular weight is 249 g/mol. The van der Waals surface area contributed by atoms with E-state index in [1.54, 1.807) is 18.2 Å². The second-order valence-corrected chi connectivity index (χ2v) is 4.63. The largest absolute Gasteiger partial charge is 0.478 e. The molecule has 0 heterocycles. The van der Waals surface area contributed by atoms with E-state index in [4.69, 9.17) is 10.2 Å². The highest BCUT2D eigenvalue weighted by Crippen LogP contribution is 2.34. The van der Waals surface area contributed by atoms with Crippen molar-refractivity contribution in [2.45, 2.75) is 24.8 Å². The number of nitrogens with one attached hydrogen (secondary N) is 1. The molecule has 2 rings (SSSR count). The minimum Gasteiger partial charge on any atom is -0.478 e. The Labute approximate surface area is 104 Å². The third-order valence-electron chi connectivity index (χ3n) is 3.16. The summed E-state index contributed by atoms with van der Waals surface area (Å²) >= 11 is 0. The summed E-state index contributed by atoms with van der Waals surface area (Å²) in [5, 5.41) is 20.9. The van der Waals surface area contributed by atoms with Crippen molar-refractivity contribution < 1.29 is 19.8 Å². The predicted octanol–water partition coefficient (Wildman–Crippen LogP) is 0.568. The topological polar surface area (TPSA) is 86.6 Å². The summed E-state index contributed by atoms with van der Waals surface area (Å²) < 4.78 is 0. The summed E-state index contributed by atoms with van der Waals surface area (Å²) in [5.74, 6) is -1.29. The fourth-order valence-corrected chi connectivity index (χ4v) is 1.87. The number of hydrogen-bond donors (Lipinski definition) is 3. The first-order valence-electron chi connectivity index (χ1n) is 5.79. The standard InChI is InChI=1S/C13H15NO4/c15-8-13(5-6-13)14-11(16)7-9-3-1-2-4-10(9)12(17)18/h1-4,15H,5-8H2,(H,14,16)(H,17,18). The van der Waals surface area contributed by atoms with Gasteiger partial charge in [-0.15, -0.1) is 0 Å². The van der Waals surface area contributed by atoms with Gasteiger partial charge in [-0.05, 0) is 24.5 Å². The van der Waals surface area contributed by atoms with E-state index < -0.39 is 11.5 Å². The van der Waals surface area contributed by atoms with Crippen LogP contribution in [0.1, 0.15) is 28.8 Å². The third kappa shape index (κ3) is 2.68. The summed E-state index contributed by atoms with van der Waals surface area (Å²) in [4.78, 5) is 22.8. The maximum atomic E-state index is 11.8. The fraction of sp³-hybridized carbons (Fsp3) is 0.385. The van der Waals surface area contributed by atoms with Gasteiger partial charge in [0.25, 0.3) is 0 Å². The Kier molecular flexibility index (Phi) is 3.34. The van der Waals surface area contributed by atoms with Crippen molar-refractivity contribution in [1.82, 2.24) is 5.32 Å². The summed E-state index contributed by atoms with van der Waals surface area (Å²) in [6, 6.07) is 6.43. The number of rotatable bonds is 5. The Morgan fingerprint density at radius 3 is 2.50 bits per heavy atom. The number of carbonyl (C=O) groups excluding carboxylic acids is 1. The Bertz CT molecular complexity index is 480. The lowest BCUT2D eigenvalue weighted by Crippen LogP contribution is -2.40. The number of carbonyl (C=O) groups is 2. The molecular weight excluding hydrogens is 234 g/mol. The van der Waals surface area contributed by atoms with Crippen molar-refractivity contribution in [1.29, 1.82) is 0 Å². The van der Waals surface area contributed by atoms with Gasteiger partial charge in [-0.25, -0.2) is 4.79 Å². The predicted molar refractivity (Wildman–Crippen MR) is 64.3 cm³/mol. The highest BCUT2D eigenvalue weighted by molar-refractivity contribution is 5.91. The average Bonchev–Trinajstić information content (AvgIpc) is 3.09. The second kappa shape index (κ2) is 4.78. The summed E-state index contributed by atoms with van der Waals surface area (Å²) in [7, 11) is 0. The van der Waals surface area contributed by atoms with Gasteiger partial charge in [0.2, 0.25) is 5.91 Å². The van der Waals surface area contributed by atoms with Crippen molar-refractivity contribution in [3.8, 4) is 0 Å². The molecule has 1 aliphatic rings. The lowest BCUT2D eigenvalue weighted by molar-refractivity contribution is -0.121. The molecule has 0 atom stereocenters. The zero-order valence-electron chi connectivity index (χ0n) is 9.85. The molecule has 1 aromatic rings. The van der Waals surface area contributed by atoms with Crippen LogP contribution in [0.4, 0.5) is 0 Å². The van der Waals surface area contributed by atoms with E-state index in [0.29, 0.717) is 5.56 Å². The Hall–Kier alpha value is -1.88. The number of aliphatic hydroxyl groups excluding tert-OH is 1. The molecule has 0 spiro atoms. The molecule has 18 heavy (non-hydrogen) atoms. The van der Waals surface area contributed by atoms with Gasteiger partial charge in [-0.1, -0.05) is 18.2 Å². The molecule has 0 aliphatic heterocycles. The number of aliphatic hydroxyl groups is 1. The van der Waals surface area contributed by atoms with Crippen LogP contribution in [-0.4, -0.2) is 34.2 Å². The molecule has 1 aromatic carbocycles. The molecule has 0 aromatic heterocycles. The van der Waals surface area contributed by atoms with Crippen LogP contribution in [0.5, 0.6) is 0 Å². The number of hydrogen-bond acceptors (Lipinski definition) is 3. The zero-order chi connectivity index (χ0) is 13.2. The monoisotopic (exact) mass is 249 g/mol. The maximum Gasteiger partial charge on any atom is 0.335 e. The third-order valence-corrected chi connectivity index (χ3v) is 3.16. The minimum atomic E-state index is -1.04. The van der Waals surface area contributed by atoms with Crippen molar-refractivity contribution >= 4 is 11.9 Å². The normalized spacial score (nSPS) is 16.1. The number of carboxylic acids is 1. The van der Waals surface area contributed by atoms with E-state index in [-0.39, 0.29) is 24.5 Å². The molecule has 0 saturated heterocycles. The minimum absolute atomic E-state index is 0.0181. The smallest absolute Gasteiger partial charge is 0.335 e. The zero-order valence-corrected chi connectivity index (χ0v) is 9.85. The number of amides is 1. The SMILES string of the molecule is O=C(Cc1ccccc1C(=O)O)NC1(CO)CC1. The molecule has 1 fully saturated rings. The van der Waals surface area contributed by atoms with E-state index in [9.17, 15) is 9.59 Å². The van der Waals surface area contributed by atoms with Crippen LogP contribution in [-0.2, 0) is 11.2 Å². The molecule has 3 N–H and O–H groups in total. The highest BCUT2D eigenvalue weighted by Gasteiger charge is 2.43. The maximum absolute atomic E-state index is 11.8. The van der Waals surface area contributed by atoms with Crippen LogP contribution in [0.3, 0.4) is 0 Å². The number of carboxylic acid groups (broad SMARTS) is 1. The van der Waals surface area contributed by atoms with Gasteiger partial charge in [0.05, 0.1) is 24.1 Å². The van der Waals surface area contributed by atoms with Crippen molar-refractivity contribution in [2.24, 2.45) is 0 Å². The number of aromatic carboxylic acids is 1. The Morgan fingerprint density at radius 1 is 1.28 bits per heavy atom. The van der Waals surface area contributed by atoms with Gasteiger partial charge in [0.1, 0.15) is 0 Å². The van der Waals surface area contributed by atoms with Gasteiger partial charge >= 0.3 is 5.97 Å². The lowest BCUT2D eigenvalue weighted by Gasteiger charge is -2.14. The second-order valence-electron chi connectivity index (χ2n) is 4.63. The van der Waals surface area contributed by atoms with Crippen LogP contribution >= 0.6 is 0 Å². The molecule has 1 aliphatic carbocycles. The molecule has 5 nitrogen and oxygen atoms in total. The van der Waals surface area contributed by atoms with Crippen molar-refractivity contribution in [3.05, 3.63) is 35.4 Å². The van der Waals surface area contributed by atoms with E-state index >= 15 is 0 Å². The fourth-order valence-electron chi connectivity index (χ4n) is 1.87. The van der Waals surface area contributed by atoms with Crippen molar-refractivity contribution in [3.63, 3.8) is 0 Å². The van der Waals surface area contributed by atoms with Crippen LogP contribution in [0.2, 0.25) is 0 Å². The van der Waals surface area contributed by atoms with E-state index in [2.05, 4.69) is 5.32 Å². The summed E-state index contributed by atoms with van der Waals surface area (Å²) in [5.41, 5.74) is 0.160. The lowest BCUT2D eigenvalue weighted by atomic mass is 10.0. The molecule has 0 radical (unpaired) electrons. The van der Waals surface area contributed by atoms with E-state index in [1.165, 1.54) is 6.07 Å². The molecule has 5 heteroatoms. The number of benzene rings is 1. The van der Waals surface area contributed by atoms with Crippen LogP contribution in [0.25, 0.3) is 0 Å². The summed E-state index contributed by atoms with van der Waals surface area (Å²) in [6.45, 7) is -0.0701. The molecule has 0 bridgehead atoms. The van der Waals surface area contributed by atoms with Gasteiger partial charge < -0.3 is 15.5 Å². The van der Waals surface area contributed by atoms with Crippen LogP contribution in [0.15, 0.2) is 24.3 Å². The first kappa shape index (κ1) is 12.6. The summed E-state index contributed by atoms with van der Waals surface area (Å²) in [6.07, 6.45) is 1.57. The van der Waals surface area contributed by atoms with Gasteiger partial charge in [-0.3, -0.25) is 4.79 Å². The van der Waals surface area contributed by atoms with Gasteiger partial charge in [0, 0.05) is 0 Å². The molecule has 1 saturated carbocycles. The quantitative estimate of drug-likeness (QED) is 0.712. The van der Waals surface area contributed by atoms with E-state index in [0.717, 1.165) is 12.8 Å². The Balaban J connectivity index is 2.05. The first-order valence-corrected chi connectivity index (χ1v) is 5.79. The highest BCUT2D eigenvalue weighted by atomic mass is 16.4. The van der Waals surface area contributed by atoms with Crippen LogP contribution < -0.4 is 5.32 Å². The molecular formula is C13H15NO4. The van der Waals surface area contributed by atoms with Crippen LogP contribution in [0, 0.1) is 0 Å². The van der Waals surface area contributed by atoms with Gasteiger partial charge in [0.15, 0.2) is 0 Å². The molecule has 96 valence electrons. The van der Waals surface area contributed by atoms with Gasteiger partial charge in [-0.2, -0.15) is 0 Å². The molecule has 0 unspecified atom stereocenters. The first-order chi connectivity index (χ1) is 8.56. The van der Waals surface area contributed by atoms with Crippen molar-refractivity contribution in [2.75, 3.05) is 6.61 Å². The Morgan fingerprint density at radius 2 is 1.94 bits per heavy atom. The van der Waals surface area contributed by atoms with E-state index in [1.807, 2.05) is 0 Å². The molecule has 1 amide bonds.